The molecular weight excluding hydrogens is 220 g/mol. The Balaban J connectivity index is 2.35. The van der Waals surface area contributed by atoms with Gasteiger partial charge in [-0.1, -0.05) is 33.1 Å². The molecule has 16 heavy (non-hydrogen) atoms. The summed E-state index contributed by atoms with van der Waals surface area (Å²) in [5.41, 5.74) is 0. The average Bonchev–Trinajstić information content (AvgIpc) is 2.29. The molecule has 0 bridgehead atoms. The molecule has 94 valence electrons. The lowest BCUT2D eigenvalue weighted by Gasteiger charge is -2.32. The van der Waals surface area contributed by atoms with Crippen LogP contribution in [0.5, 0.6) is 0 Å². The smallest absolute Gasteiger partial charge is 0.306 e. The summed E-state index contributed by atoms with van der Waals surface area (Å²) in [4.78, 5) is 11.2. The predicted molar refractivity (Wildman–Crippen MR) is 69.7 cm³/mol. The van der Waals surface area contributed by atoms with Gasteiger partial charge in [0, 0.05) is 10.5 Å². The molecule has 1 aliphatic rings. The van der Waals surface area contributed by atoms with E-state index in [9.17, 15) is 4.79 Å². The topological polar surface area (TPSA) is 26.3 Å². The predicted octanol–water partition coefficient (Wildman–Crippen LogP) is 3.64. The van der Waals surface area contributed by atoms with Crippen molar-refractivity contribution < 1.29 is 9.53 Å². The number of thioether (sulfide) groups is 1. The summed E-state index contributed by atoms with van der Waals surface area (Å²) < 4.78 is 4.71. The zero-order chi connectivity index (χ0) is 12.0. The molecule has 1 aliphatic carbocycles. The van der Waals surface area contributed by atoms with Crippen LogP contribution >= 0.6 is 11.8 Å². The lowest BCUT2D eigenvalue weighted by Crippen LogP contribution is -2.24. The van der Waals surface area contributed by atoms with E-state index in [2.05, 4.69) is 13.8 Å². The third-order valence-corrected chi connectivity index (χ3v) is 5.05. The van der Waals surface area contributed by atoms with E-state index in [-0.39, 0.29) is 5.97 Å². The number of carbonyl (C=O) groups is 1. The Hall–Kier alpha value is -0.180. The van der Waals surface area contributed by atoms with Crippen LogP contribution in [0.1, 0.15) is 52.4 Å². The van der Waals surface area contributed by atoms with Crippen LogP contribution in [0.25, 0.3) is 0 Å². The Morgan fingerprint density at radius 2 is 2.12 bits per heavy atom. The van der Waals surface area contributed by atoms with Crippen LogP contribution in [-0.4, -0.2) is 23.6 Å². The molecular formula is C13H24O2S. The third-order valence-electron chi connectivity index (χ3n) is 3.45. The lowest BCUT2D eigenvalue weighted by atomic mass is 9.87. The Labute approximate surface area is 104 Å². The zero-order valence-corrected chi connectivity index (χ0v) is 11.5. The van der Waals surface area contributed by atoms with E-state index in [1.165, 1.54) is 39.2 Å². The Bertz CT molecular complexity index is 218. The number of hydrogen-bond acceptors (Lipinski definition) is 3. The second-order valence-corrected chi connectivity index (χ2v) is 6.40. The van der Waals surface area contributed by atoms with Gasteiger partial charge in [0.15, 0.2) is 0 Å². The molecule has 1 fully saturated rings. The fourth-order valence-electron chi connectivity index (χ4n) is 2.48. The first-order valence-corrected chi connectivity index (χ1v) is 7.34. The summed E-state index contributed by atoms with van der Waals surface area (Å²) in [6, 6.07) is 0. The number of hydrogen-bond donors (Lipinski definition) is 0. The van der Waals surface area contributed by atoms with E-state index >= 15 is 0 Å². The van der Waals surface area contributed by atoms with Gasteiger partial charge in [-0.2, -0.15) is 11.8 Å². The van der Waals surface area contributed by atoms with Gasteiger partial charge in [-0.15, -0.1) is 0 Å². The summed E-state index contributed by atoms with van der Waals surface area (Å²) in [5.74, 6) is 0.780. The second-order valence-electron chi connectivity index (χ2n) is 4.72. The van der Waals surface area contributed by atoms with Crippen LogP contribution in [-0.2, 0) is 9.53 Å². The fourth-order valence-corrected chi connectivity index (χ4v) is 4.17. The summed E-state index contributed by atoms with van der Waals surface area (Å²) in [7, 11) is 1.47. The van der Waals surface area contributed by atoms with E-state index in [0.29, 0.717) is 11.7 Å². The first-order chi connectivity index (χ1) is 7.67. The third kappa shape index (κ3) is 4.36. The summed E-state index contributed by atoms with van der Waals surface area (Å²) in [6.45, 7) is 4.43. The molecule has 0 aromatic rings. The molecule has 0 saturated heterocycles. The first-order valence-electron chi connectivity index (χ1n) is 6.39. The number of ether oxygens (including phenoxy) is 1. The van der Waals surface area contributed by atoms with Crippen molar-refractivity contribution in [3.63, 3.8) is 0 Å². The van der Waals surface area contributed by atoms with Crippen LogP contribution < -0.4 is 0 Å². The maximum Gasteiger partial charge on any atom is 0.306 e. The summed E-state index contributed by atoms with van der Waals surface area (Å²) in [6.07, 6.45) is 7.28. The molecule has 0 radical (unpaired) electrons. The molecule has 1 saturated carbocycles. The van der Waals surface area contributed by atoms with Gasteiger partial charge in [-0.3, -0.25) is 4.79 Å². The molecule has 0 amide bonds. The van der Waals surface area contributed by atoms with Crippen molar-refractivity contribution in [3.8, 4) is 0 Å². The Kier molecular flexibility index (Phi) is 6.25. The van der Waals surface area contributed by atoms with Gasteiger partial charge in [0.2, 0.25) is 0 Å². The molecule has 0 aromatic heterocycles. The number of methoxy groups -OCH3 is 1. The fraction of sp³-hybridized carbons (Fsp3) is 0.923. The normalized spacial score (nSPS) is 27.4. The Morgan fingerprint density at radius 1 is 1.44 bits per heavy atom. The second kappa shape index (κ2) is 7.21. The van der Waals surface area contributed by atoms with Crippen molar-refractivity contribution >= 4 is 17.7 Å². The molecule has 3 unspecified atom stereocenters. The first kappa shape index (κ1) is 13.9. The Morgan fingerprint density at radius 3 is 2.75 bits per heavy atom. The highest BCUT2D eigenvalue weighted by Crippen LogP contribution is 2.37. The van der Waals surface area contributed by atoms with Gasteiger partial charge >= 0.3 is 5.97 Å². The highest BCUT2D eigenvalue weighted by Gasteiger charge is 2.26. The molecule has 0 N–H and O–H groups in total. The maximum absolute atomic E-state index is 11.2. The summed E-state index contributed by atoms with van der Waals surface area (Å²) in [5, 5.41) is 1.16. The molecule has 0 spiro atoms. The van der Waals surface area contributed by atoms with Crippen molar-refractivity contribution in [3.05, 3.63) is 0 Å². The van der Waals surface area contributed by atoms with Gasteiger partial charge in [0.1, 0.15) is 0 Å². The molecule has 0 heterocycles. The van der Waals surface area contributed by atoms with Gasteiger partial charge in [-0.05, 0) is 18.8 Å². The van der Waals surface area contributed by atoms with Crippen LogP contribution in [0.4, 0.5) is 0 Å². The molecule has 0 aromatic carbocycles. The molecule has 3 heteroatoms. The molecule has 0 aliphatic heterocycles. The minimum absolute atomic E-state index is 0.0798. The van der Waals surface area contributed by atoms with Crippen molar-refractivity contribution in [2.24, 2.45) is 5.92 Å². The van der Waals surface area contributed by atoms with Crippen LogP contribution in [0.15, 0.2) is 0 Å². The SMILES string of the molecule is CCC1CCCCC1SC(C)CC(=O)OC. The zero-order valence-electron chi connectivity index (χ0n) is 10.7. The highest BCUT2D eigenvalue weighted by molar-refractivity contribution is 8.00. The van der Waals surface area contributed by atoms with Crippen molar-refractivity contribution in [1.29, 1.82) is 0 Å². The monoisotopic (exact) mass is 244 g/mol. The minimum Gasteiger partial charge on any atom is -0.469 e. The minimum atomic E-state index is -0.0798. The molecule has 1 rings (SSSR count). The average molecular weight is 244 g/mol. The quantitative estimate of drug-likeness (QED) is 0.691. The molecule has 3 atom stereocenters. The van der Waals surface area contributed by atoms with E-state index in [1.54, 1.807) is 0 Å². The highest BCUT2D eigenvalue weighted by atomic mass is 32.2. The largest absolute Gasteiger partial charge is 0.469 e. The lowest BCUT2D eigenvalue weighted by molar-refractivity contribution is -0.140. The van der Waals surface area contributed by atoms with Crippen LogP contribution in [0, 0.1) is 5.92 Å². The number of rotatable bonds is 5. The van der Waals surface area contributed by atoms with E-state index in [4.69, 9.17) is 4.74 Å². The van der Waals surface area contributed by atoms with Gasteiger partial charge in [-0.25, -0.2) is 0 Å². The standard InChI is InChI=1S/C13H24O2S/c1-4-11-7-5-6-8-12(11)16-10(2)9-13(14)15-3/h10-12H,4-9H2,1-3H3. The van der Waals surface area contributed by atoms with Gasteiger partial charge in [0.05, 0.1) is 13.5 Å². The number of carbonyl (C=O) groups excluding carboxylic acids is 1. The van der Waals surface area contributed by atoms with E-state index in [0.717, 1.165) is 11.2 Å². The van der Waals surface area contributed by atoms with Crippen molar-refractivity contribution in [1.82, 2.24) is 0 Å². The molecule has 2 nitrogen and oxygen atoms in total. The van der Waals surface area contributed by atoms with Crippen molar-refractivity contribution in [2.75, 3.05) is 7.11 Å². The van der Waals surface area contributed by atoms with E-state index < -0.39 is 0 Å². The van der Waals surface area contributed by atoms with Gasteiger partial charge < -0.3 is 4.74 Å². The van der Waals surface area contributed by atoms with Gasteiger partial charge in [0.25, 0.3) is 0 Å². The number of esters is 1. The van der Waals surface area contributed by atoms with Crippen LogP contribution in [0.2, 0.25) is 0 Å². The maximum atomic E-state index is 11.2. The van der Waals surface area contributed by atoms with Crippen molar-refractivity contribution in [2.45, 2.75) is 62.9 Å². The van der Waals surface area contributed by atoms with Crippen LogP contribution in [0.3, 0.4) is 0 Å². The summed E-state index contributed by atoms with van der Waals surface area (Å²) >= 11 is 2.00. The van der Waals surface area contributed by atoms with E-state index in [1.807, 2.05) is 11.8 Å².